The quantitative estimate of drug-likeness (QED) is 0.832. The number of nitrogen functional groups attached to an aromatic ring is 1. The van der Waals surface area contributed by atoms with Crippen LogP contribution in [-0.4, -0.2) is 39.4 Å². The minimum Gasteiger partial charge on any atom is -0.480 e. The Morgan fingerprint density at radius 1 is 1.55 bits per heavy atom. The summed E-state index contributed by atoms with van der Waals surface area (Å²) in [6, 6.07) is 0. The number of esters is 1. The molecule has 0 bridgehead atoms. The standard InChI is InChI=1S/C11H12BrN5O3/c1-3-20-10(18)8-7(13)5-17(16-8)11-14-4-6(12)9(15-11)19-2/h4-5H,3,13H2,1-2H3. The Bertz CT molecular complexity index is 643. The predicted molar refractivity (Wildman–Crippen MR) is 73.8 cm³/mol. The zero-order valence-corrected chi connectivity index (χ0v) is 12.4. The molecule has 0 amide bonds. The van der Waals surface area contributed by atoms with Crippen molar-refractivity contribution >= 4 is 27.6 Å². The fraction of sp³-hybridized carbons (Fsp3) is 0.273. The molecule has 0 unspecified atom stereocenters. The van der Waals surface area contributed by atoms with Crippen molar-refractivity contribution in [1.29, 1.82) is 0 Å². The maximum Gasteiger partial charge on any atom is 0.361 e. The topological polar surface area (TPSA) is 105 Å². The van der Waals surface area contributed by atoms with E-state index in [1.165, 1.54) is 24.2 Å². The van der Waals surface area contributed by atoms with E-state index in [9.17, 15) is 4.79 Å². The van der Waals surface area contributed by atoms with Crippen molar-refractivity contribution in [1.82, 2.24) is 19.7 Å². The van der Waals surface area contributed by atoms with Gasteiger partial charge in [0.25, 0.3) is 5.95 Å². The Hall–Kier alpha value is -2.16. The van der Waals surface area contributed by atoms with Crippen LogP contribution < -0.4 is 10.5 Å². The first-order valence-corrected chi connectivity index (χ1v) is 6.45. The normalized spacial score (nSPS) is 10.3. The molecule has 0 aliphatic carbocycles. The molecule has 0 aliphatic heterocycles. The SMILES string of the molecule is CCOC(=O)c1nn(-c2ncc(Br)c(OC)n2)cc1N. The monoisotopic (exact) mass is 341 g/mol. The van der Waals surface area contributed by atoms with Gasteiger partial charge in [-0.25, -0.2) is 14.5 Å². The zero-order chi connectivity index (χ0) is 14.7. The number of carbonyl (C=O) groups excluding carboxylic acids is 1. The minimum atomic E-state index is -0.590. The van der Waals surface area contributed by atoms with E-state index in [4.69, 9.17) is 15.2 Å². The summed E-state index contributed by atoms with van der Waals surface area (Å²) in [5.41, 5.74) is 5.94. The second kappa shape index (κ2) is 5.87. The zero-order valence-electron chi connectivity index (χ0n) is 10.8. The molecule has 106 valence electrons. The molecule has 0 spiro atoms. The molecule has 2 N–H and O–H groups in total. The highest BCUT2D eigenvalue weighted by atomic mass is 79.9. The van der Waals surface area contributed by atoms with Crippen LogP contribution in [0.5, 0.6) is 5.88 Å². The van der Waals surface area contributed by atoms with Gasteiger partial charge >= 0.3 is 5.97 Å². The largest absolute Gasteiger partial charge is 0.480 e. The van der Waals surface area contributed by atoms with E-state index in [-0.39, 0.29) is 23.9 Å². The highest BCUT2D eigenvalue weighted by Gasteiger charge is 2.18. The van der Waals surface area contributed by atoms with Crippen LogP contribution in [0.25, 0.3) is 5.95 Å². The Kier molecular flexibility index (Phi) is 4.18. The molecule has 2 heterocycles. The van der Waals surface area contributed by atoms with Gasteiger partial charge in [0.05, 0.1) is 36.3 Å². The van der Waals surface area contributed by atoms with Crippen LogP contribution in [0.15, 0.2) is 16.9 Å². The second-order valence-corrected chi connectivity index (χ2v) is 4.48. The van der Waals surface area contributed by atoms with Crippen LogP contribution in [-0.2, 0) is 4.74 Å². The lowest BCUT2D eigenvalue weighted by Gasteiger charge is -2.04. The molecule has 0 radical (unpaired) electrons. The van der Waals surface area contributed by atoms with Crippen molar-refractivity contribution < 1.29 is 14.3 Å². The van der Waals surface area contributed by atoms with Crippen LogP contribution in [0, 0.1) is 0 Å². The van der Waals surface area contributed by atoms with Crippen molar-refractivity contribution in [2.45, 2.75) is 6.92 Å². The number of anilines is 1. The lowest BCUT2D eigenvalue weighted by Crippen LogP contribution is -2.09. The van der Waals surface area contributed by atoms with Gasteiger partial charge in [0.2, 0.25) is 5.88 Å². The first kappa shape index (κ1) is 14.3. The van der Waals surface area contributed by atoms with E-state index in [2.05, 4.69) is 31.0 Å². The highest BCUT2D eigenvalue weighted by Crippen LogP contribution is 2.22. The lowest BCUT2D eigenvalue weighted by molar-refractivity contribution is 0.0520. The number of aromatic nitrogens is 4. The third-order valence-electron chi connectivity index (χ3n) is 2.31. The first-order valence-electron chi connectivity index (χ1n) is 5.66. The van der Waals surface area contributed by atoms with Crippen LogP contribution in [0.3, 0.4) is 0 Å². The van der Waals surface area contributed by atoms with Crippen LogP contribution in [0.2, 0.25) is 0 Å². The molecule has 2 aromatic rings. The molecule has 0 saturated heterocycles. The molecule has 0 fully saturated rings. The Morgan fingerprint density at radius 2 is 2.30 bits per heavy atom. The fourth-order valence-corrected chi connectivity index (χ4v) is 1.80. The van der Waals surface area contributed by atoms with Gasteiger partial charge in [0.15, 0.2) is 5.69 Å². The van der Waals surface area contributed by atoms with E-state index >= 15 is 0 Å². The van der Waals surface area contributed by atoms with Crippen LogP contribution in [0.4, 0.5) is 5.69 Å². The van der Waals surface area contributed by atoms with E-state index in [0.29, 0.717) is 10.4 Å². The van der Waals surface area contributed by atoms with Gasteiger partial charge in [-0.1, -0.05) is 0 Å². The molecule has 0 atom stereocenters. The Labute approximate surface area is 123 Å². The number of hydrogen-bond donors (Lipinski definition) is 1. The molecular formula is C11H12BrN5O3. The van der Waals surface area contributed by atoms with E-state index in [1.807, 2.05) is 0 Å². The summed E-state index contributed by atoms with van der Waals surface area (Å²) in [4.78, 5) is 19.8. The van der Waals surface area contributed by atoms with Crippen molar-refractivity contribution in [3.05, 3.63) is 22.6 Å². The summed E-state index contributed by atoms with van der Waals surface area (Å²) in [5.74, 6) is -0.0121. The molecular weight excluding hydrogens is 330 g/mol. The van der Waals surface area contributed by atoms with Gasteiger partial charge in [0, 0.05) is 0 Å². The summed E-state index contributed by atoms with van der Waals surface area (Å²) in [6.45, 7) is 1.95. The number of rotatable bonds is 4. The molecule has 2 rings (SSSR count). The third-order valence-corrected chi connectivity index (χ3v) is 2.85. The van der Waals surface area contributed by atoms with E-state index in [1.54, 1.807) is 6.92 Å². The molecule has 9 heteroatoms. The first-order chi connectivity index (χ1) is 9.56. The van der Waals surface area contributed by atoms with Crippen molar-refractivity contribution in [2.24, 2.45) is 0 Å². The van der Waals surface area contributed by atoms with Gasteiger partial charge < -0.3 is 15.2 Å². The number of hydrogen-bond acceptors (Lipinski definition) is 7. The van der Waals surface area contributed by atoms with E-state index < -0.39 is 5.97 Å². The number of carbonyl (C=O) groups is 1. The van der Waals surface area contributed by atoms with Gasteiger partial charge in [-0.3, -0.25) is 0 Å². The number of nitrogens with two attached hydrogens (primary N) is 1. The predicted octanol–water partition coefficient (Wildman–Crippen LogP) is 1.19. The Balaban J connectivity index is 2.39. The number of methoxy groups -OCH3 is 1. The minimum absolute atomic E-state index is 0.0253. The average molecular weight is 342 g/mol. The summed E-state index contributed by atoms with van der Waals surface area (Å²) in [6.07, 6.45) is 2.96. The van der Waals surface area contributed by atoms with Gasteiger partial charge in [0.1, 0.15) is 0 Å². The molecule has 2 aromatic heterocycles. The smallest absolute Gasteiger partial charge is 0.361 e. The summed E-state index contributed by atoms with van der Waals surface area (Å²) < 4.78 is 11.8. The van der Waals surface area contributed by atoms with Crippen molar-refractivity contribution in [2.75, 3.05) is 19.5 Å². The molecule has 0 saturated carbocycles. The highest BCUT2D eigenvalue weighted by molar-refractivity contribution is 9.10. The van der Waals surface area contributed by atoms with Gasteiger partial charge in [-0.2, -0.15) is 10.1 Å². The van der Waals surface area contributed by atoms with Crippen molar-refractivity contribution in [3.8, 4) is 11.8 Å². The Morgan fingerprint density at radius 3 is 2.95 bits per heavy atom. The summed E-state index contributed by atoms with van der Waals surface area (Å²) in [7, 11) is 1.48. The summed E-state index contributed by atoms with van der Waals surface area (Å²) in [5, 5.41) is 4.02. The maximum absolute atomic E-state index is 11.6. The number of nitrogens with zero attached hydrogens (tertiary/aromatic N) is 4. The van der Waals surface area contributed by atoms with Gasteiger partial charge in [-0.15, -0.1) is 0 Å². The molecule has 8 nitrogen and oxygen atoms in total. The van der Waals surface area contributed by atoms with Crippen LogP contribution in [0.1, 0.15) is 17.4 Å². The van der Waals surface area contributed by atoms with Crippen molar-refractivity contribution in [3.63, 3.8) is 0 Å². The summed E-state index contributed by atoms with van der Waals surface area (Å²) >= 11 is 3.25. The van der Waals surface area contributed by atoms with Crippen LogP contribution >= 0.6 is 15.9 Å². The fourth-order valence-electron chi connectivity index (χ4n) is 1.44. The maximum atomic E-state index is 11.6. The molecule has 20 heavy (non-hydrogen) atoms. The lowest BCUT2D eigenvalue weighted by atomic mass is 10.4. The second-order valence-electron chi connectivity index (χ2n) is 3.63. The van der Waals surface area contributed by atoms with E-state index in [0.717, 1.165) is 0 Å². The average Bonchev–Trinajstić information content (AvgIpc) is 2.82. The molecule has 0 aliphatic rings. The third kappa shape index (κ3) is 2.72. The number of ether oxygens (including phenoxy) is 2. The van der Waals surface area contributed by atoms with Gasteiger partial charge in [-0.05, 0) is 22.9 Å². The number of halogens is 1. The molecule has 0 aromatic carbocycles.